The van der Waals surface area contributed by atoms with Crippen LogP contribution < -0.4 is 0 Å². The van der Waals surface area contributed by atoms with Crippen LogP contribution in [-0.2, 0) is 17.8 Å². The lowest BCUT2D eigenvalue weighted by atomic mass is 10.1. The van der Waals surface area contributed by atoms with Gasteiger partial charge < -0.3 is 0 Å². The number of nitrogens with zero attached hydrogens (tertiary/aromatic N) is 2. The van der Waals surface area contributed by atoms with E-state index in [4.69, 9.17) is 0 Å². The average molecular weight is 292 g/mol. The molecule has 0 bridgehead atoms. The van der Waals surface area contributed by atoms with Gasteiger partial charge in [0.1, 0.15) is 5.82 Å². The molecule has 0 unspecified atom stereocenters. The lowest BCUT2D eigenvalue weighted by Crippen LogP contribution is -2.26. The van der Waals surface area contributed by atoms with Crippen LogP contribution >= 0.6 is 11.3 Å². The molecule has 0 saturated carbocycles. The highest BCUT2D eigenvalue weighted by Crippen LogP contribution is 2.10. The molecule has 2 rings (SSSR count). The van der Waals surface area contributed by atoms with Crippen LogP contribution in [0.5, 0.6) is 0 Å². The molecule has 20 heavy (non-hydrogen) atoms. The lowest BCUT2D eigenvalue weighted by molar-refractivity contribution is -0.119. The highest BCUT2D eigenvalue weighted by Gasteiger charge is 2.09. The minimum absolute atomic E-state index is 0.117. The first kappa shape index (κ1) is 14.8. The second-order valence-corrected chi connectivity index (χ2v) is 5.93. The molecule has 106 valence electrons. The zero-order valence-corrected chi connectivity index (χ0v) is 12.4. The number of carbonyl (C=O) groups is 1. The molecule has 0 N–H and O–H groups in total. The molecule has 0 radical (unpaired) electrons. The molecule has 0 saturated heterocycles. The summed E-state index contributed by atoms with van der Waals surface area (Å²) in [6.45, 7) is 3.00. The number of aryl methyl sites for hydroxylation is 1. The first-order valence-corrected chi connectivity index (χ1v) is 7.26. The molecule has 3 nitrogen and oxygen atoms in total. The van der Waals surface area contributed by atoms with Gasteiger partial charge in [0.05, 0.1) is 17.2 Å². The number of thiazole rings is 1. The summed E-state index contributed by atoms with van der Waals surface area (Å²) in [6, 6.07) is 6.06. The number of benzene rings is 1. The van der Waals surface area contributed by atoms with Crippen molar-refractivity contribution < 1.29 is 9.18 Å². The van der Waals surface area contributed by atoms with E-state index < -0.39 is 0 Å². The fraction of sp³-hybridized carbons (Fsp3) is 0.333. The Morgan fingerprint density at radius 3 is 2.65 bits per heavy atom. The molecule has 2 aromatic rings. The number of rotatable bonds is 6. The molecule has 0 fully saturated rings. The number of hydrogen-bond acceptors (Lipinski definition) is 4. The van der Waals surface area contributed by atoms with Crippen molar-refractivity contribution in [1.29, 1.82) is 0 Å². The van der Waals surface area contributed by atoms with Crippen LogP contribution in [0.1, 0.15) is 16.3 Å². The van der Waals surface area contributed by atoms with Crippen molar-refractivity contribution in [3.05, 3.63) is 51.7 Å². The maximum atomic E-state index is 12.8. The summed E-state index contributed by atoms with van der Waals surface area (Å²) in [5.41, 5.74) is 1.83. The second kappa shape index (κ2) is 6.72. The Hall–Kier alpha value is -1.59. The number of Topliss-reactive ketones (excluding diaryl/α,β-unsaturated/α-hetero) is 1. The molecule has 0 atom stereocenters. The Morgan fingerprint density at radius 1 is 1.35 bits per heavy atom. The summed E-state index contributed by atoms with van der Waals surface area (Å²) in [6.07, 6.45) is 0.334. The summed E-state index contributed by atoms with van der Waals surface area (Å²) < 4.78 is 12.8. The van der Waals surface area contributed by atoms with Crippen LogP contribution in [-0.4, -0.2) is 29.3 Å². The summed E-state index contributed by atoms with van der Waals surface area (Å²) >= 11 is 1.61. The topological polar surface area (TPSA) is 33.2 Å². The van der Waals surface area contributed by atoms with E-state index in [0.29, 0.717) is 19.5 Å². The molecule has 0 amide bonds. The molecular weight excluding hydrogens is 275 g/mol. The van der Waals surface area contributed by atoms with Crippen molar-refractivity contribution in [1.82, 2.24) is 9.88 Å². The van der Waals surface area contributed by atoms with Gasteiger partial charge in [0.25, 0.3) is 0 Å². The van der Waals surface area contributed by atoms with Crippen LogP contribution in [0, 0.1) is 12.7 Å². The third-order valence-corrected chi connectivity index (χ3v) is 3.68. The number of aromatic nitrogens is 1. The highest BCUT2D eigenvalue weighted by atomic mass is 32.1. The number of ketones is 1. The Labute approximate surface area is 122 Å². The minimum Gasteiger partial charge on any atom is -0.298 e. The van der Waals surface area contributed by atoms with Crippen molar-refractivity contribution in [3.8, 4) is 0 Å². The summed E-state index contributed by atoms with van der Waals surface area (Å²) in [5.74, 6) is -0.164. The molecule has 1 heterocycles. The molecular formula is C15H17FN2OS. The Kier molecular flexibility index (Phi) is 4.98. The van der Waals surface area contributed by atoms with Crippen molar-refractivity contribution in [3.63, 3.8) is 0 Å². The minimum atomic E-state index is -0.280. The van der Waals surface area contributed by atoms with Gasteiger partial charge >= 0.3 is 0 Å². The maximum absolute atomic E-state index is 12.8. The van der Waals surface area contributed by atoms with Crippen LogP contribution in [0.3, 0.4) is 0 Å². The van der Waals surface area contributed by atoms with Crippen molar-refractivity contribution in [2.75, 3.05) is 13.6 Å². The SMILES string of the molecule is Cc1nc(CN(C)CC(=O)Cc2ccc(F)cc2)cs1. The van der Waals surface area contributed by atoms with Gasteiger partial charge in [-0.05, 0) is 31.7 Å². The van der Waals surface area contributed by atoms with Gasteiger partial charge in [0, 0.05) is 18.3 Å². The van der Waals surface area contributed by atoms with Crippen LogP contribution in [0.15, 0.2) is 29.6 Å². The average Bonchev–Trinajstić information content (AvgIpc) is 2.77. The first-order valence-electron chi connectivity index (χ1n) is 6.38. The van der Waals surface area contributed by atoms with E-state index in [2.05, 4.69) is 4.98 Å². The Morgan fingerprint density at radius 2 is 2.05 bits per heavy atom. The van der Waals surface area contributed by atoms with Crippen LogP contribution in [0.4, 0.5) is 4.39 Å². The van der Waals surface area contributed by atoms with E-state index in [0.717, 1.165) is 16.3 Å². The number of halogens is 1. The van der Waals surface area contributed by atoms with E-state index in [9.17, 15) is 9.18 Å². The highest BCUT2D eigenvalue weighted by molar-refractivity contribution is 7.09. The molecule has 0 aliphatic heterocycles. The molecule has 0 aliphatic rings. The van der Waals surface area contributed by atoms with E-state index in [1.165, 1.54) is 12.1 Å². The second-order valence-electron chi connectivity index (χ2n) is 4.87. The van der Waals surface area contributed by atoms with Crippen molar-refractivity contribution >= 4 is 17.1 Å². The predicted octanol–water partition coefficient (Wildman–Crippen LogP) is 2.83. The lowest BCUT2D eigenvalue weighted by Gasteiger charge is -2.14. The largest absolute Gasteiger partial charge is 0.298 e. The number of likely N-dealkylation sites (N-methyl/N-ethyl adjacent to an activating group) is 1. The van der Waals surface area contributed by atoms with E-state index in [1.54, 1.807) is 23.5 Å². The van der Waals surface area contributed by atoms with Gasteiger partial charge in [-0.15, -0.1) is 11.3 Å². The van der Waals surface area contributed by atoms with Gasteiger partial charge in [0.15, 0.2) is 5.78 Å². The van der Waals surface area contributed by atoms with Gasteiger partial charge in [-0.2, -0.15) is 0 Å². The third kappa shape index (κ3) is 4.51. The van der Waals surface area contributed by atoms with Crippen molar-refractivity contribution in [2.45, 2.75) is 19.9 Å². The standard InChI is InChI=1S/C15H17FN2OS/c1-11-17-14(10-20-11)8-18(2)9-15(19)7-12-3-5-13(16)6-4-12/h3-6,10H,7-9H2,1-2H3. The number of hydrogen-bond donors (Lipinski definition) is 0. The Balaban J connectivity index is 1.83. The molecule has 0 aliphatic carbocycles. The molecule has 5 heteroatoms. The van der Waals surface area contributed by atoms with Gasteiger partial charge in [0.2, 0.25) is 0 Å². The monoisotopic (exact) mass is 292 g/mol. The maximum Gasteiger partial charge on any atom is 0.151 e. The van der Waals surface area contributed by atoms with E-state index in [1.807, 2.05) is 24.3 Å². The predicted molar refractivity (Wildman–Crippen MR) is 78.3 cm³/mol. The van der Waals surface area contributed by atoms with Gasteiger partial charge in [-0.1, -0.05) is 12.1 Å². The summed E-state index contributed by atoms with van der Waals surface area (Å²) in [5, 5.41) is 3.04. The normalized spacial score (nSPS) is 11.0. The fourth-order valence-corrected chi connectivity index (χ4v) is 2.60. The molecule has 1 aromatic carbocycles. The molecule has 0 spiro atoms. The Bertz CT molecular complexity index is 580. The van der Waals surface area contributed by atoms with Crippen LogP contribution in [0.2, 0.25) is 0 Å². The first-order chi connectivity index (χ1) is 9.52. The van der Waals surface area contributed by atoms with Gasteiger partial charge in [-0.25, -0.2) is 9.37 Å². The van der Waals surface area contributed by atoms with Crippen LogP contribution in [0.25, 0.3) is 0 Å². The fourth-order valence-electron chi connectivity index (χ4n) is 2.00. The third-order valence-electron chi connectivity index (χ3n) is 2.86. The van der Waals surface area contributed by atoms with Gasteiger partial charge in [-0.3, -0.25) is 9.69 Å². The zero-order valence-electron chi connectivity index (χ0n) is 11.6. The molecule has 1 aromatic heterocycles. The summed E-state index contributed by atoms with van der Waals surface area (Å²) in [4.78, 5) is 18.3. The van der Waals surface area contributed by atoms with Crippen molar-refractivity contribution in [2.24, 2.45) is 0 Å². The number of carbonyl (C=O) groups excluding carboxylic acids is 1. The van der Waals surface area contributed by atoms with E-state index >= 15 is 0 Å². The zero-order chi connectivity index (χ0) is 14.5. The quantitative estimate of drug-likeness (QED) is 0.821. The summed E-state index contributed by atoms with van der Waals surface area (Å²) in [7, 11) is 1.90. The van der Waals surface area contributed by atoms with E-state index in [-0.39, 0.29) is 11.6 Å². The smallest absolute Gasteiger partial charge is 0.151 e.